The first-order chi connectivity index (χ1) is 14.6. The van der Waals surface area contributed by atoms with Gasteiger partial charge in [0.15, 0.2) is 5.13 Å². The van der Waals surface area contributed by atoms with Gasteiger partial charge in [0.2, 0.25) is 5.91 Å². The Hall–Kier alpha value is -3.38. The van der Waals surface area contributed by atoms with E-state index in [0.29, 0.717) is 16.6 Å². The first-order valence-electron chi connectivity index (χ1n) is 9.55. The quantitative estimate of drug-likeness (QED) is 0.413. The second-order valence-corrected chi connectivity index (χ2v) is 7.90. The smallest absolute Gasteiger partial charge is 0.237 e. The van der Waals surface area contributed by atoms with Crippen molar-refractivity contribution in [2.75, 3.05) is 19.1 Å². The molecule has 3 aromatic carbocycles. The van der Waals surface area contributed by atoms with Crippen molar-refractivity contribution < 1.29 is 14.3 Å². The molecule has 6 heteroatoms. The number of rotatable bonds is 6. The van der Waals surface area contributed by atoms with Gasteiger partial charge < -0.3 is 9.47 Å². The fourth-order valence-corrected chi connectivity index (χ4v) is 4.27. The molecule has 1 aromatic heterocycles. The second kappa shape index (κ2) is 8.55. The van der Waals surface area contributed by atoms with E-state index in [1.807, 2.05) is 73.7 Å². The lowest BCUT2D eigenvalue weighted by Gasteiger charge is -2.23. The highest BCUT2D eigenvalue weighted by Gasteiger charge is 2.25. The van der Waals surface area contributed by atoms with Crippen LogP contribution in [0.4, 0.5) is 10.8 Å². The summed E-state index contributed by atoms with van der Waals surface area (Å²) >= 11 is 1.49. The summed E-state index contributed by atoms with van der Waals surface area (Å²) in [5.41, 5.74) is 3.49. The van der Waals surface area contributed by atoms with E-state index in [1.54, 1.807) is 19.1 Å². The molecule has 4 aromatic rings. The number of ether oxygens (including phenoxy) is 2. The van der Waals surface area contributed by atoms with Crippen molar-refractivity contribution in [2.24, 2.45) is 0 Å². The lowest BCUT2D eigenvalue weighted by molar-refractivity contribution is -0.117. The number of nitrogens with zero attached hydrogens (tertiary/aromatic N) is 2. The minimum absolute atomic E-state index is 0.0804. The van der Waals surface area contributed by atoms with E-state index in [2.05, 4.69) is 0 Å². The third-order valence-electron chi connectivity index (χ3n) is 4.81. The molecule has 1 heterocycles. The van der Waals surface area contributed by atoms with Crippen LogP contribution in [-0.2, 0) is 11.2 Å². The topological polar surface area (TPSA) is 51.7 Å². The van der Waals surface area contributed by atoms with Crippen LogP contribution >= 0.6 is 11.3 Å². The van der Waals surface area contributed by atoms with E-state index >= 15 is 0 Å². The molecule has 5 nitrogen and oxygen atoms in total. The second-order valence-electron chi connectivity index (χ2n) is 6.89. The van der Waals surface area contributed by atoms with Gasteiger partial charge in [-0.25, -0.2) is 4.98 Å². The lowest BCUT2D eigenvalue weighted by Crippen LogP contribution is -2.28. The number of aromatic nitrogens is 1. The van der Waals surface area contributed by atoms with Crippen molar-refractivity contribution in [1.29, 1.82) is 0 Å². The predicted octanol–water partition coefficient (Wildman–Crippen LogP) is 5.53. The van der Waals surface area contributed by atoms with Gasteiger partial charge in [-0.3, -0.25) is 9.69 Å². The van der Waals surface area contributed by atoms with Crippen molar-refractivity contribution in [3.05, 3.63) is 77.9 Å². The molecule has 0 radical (unpaired) electrons. The Labute approximate surface area is 179 Å². The van der Waals surface area contributed by atoms with Gasteiger partial charge in [-0.05, 0) is 54.4 Å². The Morgan fingerprint density at radius 1 is 1.00 bits per heavy atom. The minimum Gasteiger partial charge on any atom is -0.497 e. The van der Waals surface area contributed by atoms with Gasteiger partial charge in [0, 0.05) is 0 Å². The Balaban J connectivity index is 1.78. The molecule has 0 aliphatic heterocycles. The summed E-state index contributed by atoms with van der Waals surface area (Å²) in [5.74, 6) is 1.31. The number of fused-ring (bicyclic) bond motifs is 1. The molecule has 0 aliphatic rings. The number of methoxy groups -OCH3 is 2. The summed E-state index contributed by atoms with van der Waals surface area (Å²) in [6, 6.07) is 21.2. The van der Waals surface area contributed by atoms with Crippen LogP contribution in [0, 0.1) is 6.92 Å². The minimum atomic E-state index is -0.0804. The highest BCUT2D eigenvalue weighted by Crippen LogP contribution is 2.39. The van der Waals surface area contributed by atoms with Crippen molar-refractivity contribution in [1.82, 2.24) is 4.98 Å². The molecule has 0 atom stereocenters. The first kappa shape index (κ1) is 19.9. The van der Waals surface area contributed by atoms with Crippen molar-refractivity contribution in [3.8, 4) is 11.5 Å². The molecule has 0 unspecified atom stereocenters. The first-order valence-corrected chi connectivity index (χ1v) is 10.4. The number of thiazole rings is 1. The van der Waals surface area contributed by atoms with Crippen LogP contribution in [0.15, 0.2) is 66.7 Å². The van der Waals surface area contributed by atoms with E-state index in [9.17, 15) is 4.79 Å². The zero-order valence-corrected chi connectivity index (χ0v) is 17.9. The van der Waals surface area contributed by atoms with Gasteiger partial charge in [-0.15, -0.1) is 0 Å². The van der Waals surface area contributed by atoms with E-state index in [0.717, 1.165) is 27.1 Å². The number of hydrogen-bond acceptors (Lipinski definition) is 5. The van der Waals surface area contributed by atoms with Gasteiger partial charge in [0.05, 0.1) is 36.5 Å². The molecule has 30 heavy (non-hydrogen) atoms. The highest BCUT2D eigenvalue weighted by atomic mass is 32.1. The van der Waals surface area contributed by atoms with Crippen LogP contribution in [-0.4, -0.2) is 25.1 Å². The van der Waals surface area contributed by atoms with E-state index in [-0.39, 0.29) is 12.3 Å². The zero-order chi connectivity index (χ0) is 21.1. The molecule has 0 aliphatic carbocycles. The van der Waals surface area contributed by atoms with Crippen LogP contribution in [0.2, 0.25) is 0 Å². The highest BCUT2D eigenvalue weighted by molar-refractivity contribution is 7.22. The summed E-state index contributed by atoms with van der Waals surface area (Å²) in [4.78, 5) is 19.9. The summed E-state index contributed by atoms with van der Waals surface area (Å²) in [6.07, 6.45) is 0.233. The molecule has 0 fully saturated rings. The van der Waals surface area contributed by atoms with Crippen molar-refractivity contribution in [3.63, 3.8) is 0 Å². The average molecular weight is 419 g/mol. The monoisotopic (exact) mass is 418 g/mol. The number of carbonyl (C=O) groups excluding carboxylic acids is 1. The molecule has 1 amide bonds. The lowest BCUT2D eigenvalue weighted by atomic mass is 10.1. The van der Waals surface area contributed by atoms with Crippen LogP contribution in [0.25, 0.3) is 10.2 Å². The van der Waals surface area contributed by atoms with Gasteiger partial charge in [0.25, 0.3) is 0 Å². The van der Waals surface area contributed by atoms with E-state index in [1.165, 1.54) is 11.3 Å². The molecular formula is C24H22N2O3S. The number of benzene rings is 3. The number of amides is 1. The Morgan fingerprint density at radius 2 is 1.77 bits per heavy atom. The van der Waals surface area contributed by atoms with Gasteiger partial charge in [-0.1, -0.05) is 41.7 Å². The van der Waals surface area contributed by atoms with Crippen LogP contribution in [0.3, 0.4) is 0 Å². The summed E-state index contributed by atoms with van der Waals surface area (Å²) < 4.78 is 11.8. The number of hydrogen-bond donors (Lipinski definition) is 0. The maximum absolute atomic E-state index is 13.5. The molecule has 152 valence electrons. The third kappa shape index (κ3) is 4.00. The maximum Gasteiger partial charge on any atom is 0.237 e. The summed E-state index contributed by atoms with van der Waals surface area (Å²) in [7, 11) is 3.23. The van der Waals surface area contributed by atoms with Crippen LogP contribution in [0.5, 0.6) is 11.5 Å². The van der Waals surface area contributed by atoms with Crippen molar-refractivity contribution >= 4 is 38.3 Å². The fraction of sp³-hybridized carbons (Fsp3) is 0.167. The summed E-state index contributed by atoms with van der Waals surface area (Å²) in [6.45, 7) is 1.99. The molecule has 0 bridgehead atoms. The number of anilines is 2. The zero-order valence-electron chi connectivity index (χ0n) is 17.1. The third-order valence-corrected chi connectivity index (χ3v) is 5.83. The number of aryl methyl sites for hydroxylation is 1. The SMILES string of the molecule is COc1ccc(CC(=O)N(c2nc3ccccc3s2)c2cc(C)ccc2OC)cc1. The number of para-hydroxylation sites is 1. The summed E-state index contributed by atoms with van der Waals surface area (Å²) in [5, 5.41) is 0.624. The molecule has 0 saturated carbocycles. The van der Waals surface area contributed by atoms with Gasteiger partial charge in [0.1, 0.15) is 11.5 Å². The van der Waals surface area contributed by atoms with Crippen LogP contribution in [0.1, 0.15) is 11.1 Å². The average Bonchev–Trinajstić information content (AvgIpc) is 3.18. The van der Waals surface area contributed by atoms with Gasteiger partial charge >= 0.3 is 0 Å². The van der Waals surface area contributed by atoms with Crippen molar-refractivity contribution in [2.45, 2.75) is 13.3 Å². The van der Waals surface area contributed by atoms with Crippen LogP contribution < -0.4 is 14.4 Å². The predicted molar refractivity (Wildman–Crippen MR) is 121 cm³/mol. The maximum atomic E-state index is 13.5. The molecule has 0 spiro atoms. The Morgan fingerprint density at radius 3 is 2.47 bits per heavy atom. The largest absolute Gasteiger partial charge is 0.497 e. The molecular weight excluding hydrogens is 396 g/mol. The molecule has 0 N–H and O–H groups in total. The molecule has 4 rings (SSSR count). The van der Waals surface area contributed by atoms with E-state index in [4.69, 9.17) is 14.5 Å². The standard InChI is InChI=1S/C24H22N2O3S/c1-16-8-13-21(29-3)20(14-16)26(24-25-19-6-4-5-7-22(19)30-24)23(27)15-17-9-11-18(28-2)12-10-17/h4-14H,15H2,1-3H3. The Kier molecular flexibility index (Phi) is 5.68. The number of carbonyl (C=O) groups is 1. The normalized spacial score (nSPS) is 10.8. The van der Waals surface area contributed by atoms with Gasteiger partial charge in [-0.2, -0.15) is 0 Å². The van der Waals surface area contributed by atoms with E-state index < -0.39 is 0 Å². The Bertz CT molecular complexity index is 1150. The fourth-order valence-electron chi connectivity index (χ4n) is 3.27. The molecule has 0 saturated heterocycles.